The van der Waals surface area contributed by atoms with Gasteiger partial charge in [0.15, 0.2) is 0 Å². The van der Waals surface area contributed by atoms with Gasteiger partial charge >= 0.3 is 0 Å². The summed E-state index contributed by atoms with van der Waals surface area (Å²) in [4.78, 5) is 11.2. The van der Waals surface area contributed by atoms with Crippen molar-refractivity contribution in [2.75, 3.05) is 31.2 Å². The van der Waals surface area contributed by atoms with Gasteiger partial charge in [-0.2, -0.15) is 0 Å². The Bertz CT molecular complexity index is 1250. The molecule has 0 aliphatic heterocycles. The Hall–Kier alpha value is -4.12. The quantitative estimate of drug-likeness (QED) is 0.295. The summed E-state index contributed by atoms with van der Waals surface area (Å²) in [7, 11) is 0. The van der Waals surface area contributed by atoms with Crippen LogP contribution in [0.3, 0.4) is 0 Å². The molecule has 0 bridgehead atoms. The van der Waals surface area contributed by atoms with Crippen molar-refractivity contribution >= 4 is 27.5 Å². The SMILES string of the molecule is c1ccc(N(CCOc2cccc3cccnc23)CCOc2cccc3cccnc23)cc1. The van der Waals surface area contributed by atoms with Crippen molar-refractivity contribution in [2.24, 2.45) is 0 Å². The van der Waals surface area contributed by atoms with E-state index in [0.29, 0.717) is 13.2 Å². The van der Waals surface area contributed by atoms with E-state index in [0.717, 1.165) is 52.1 Å². The van der Waals surface area contributed by atoms with Crippen molar-refractivity contribution in [1.82, 2.24) is 9.97 Å². The van der Waals surface area contributed by atoms with Crippen LogP contribution in [-0.4, -0.2) is 36.3 Å². The van der Waals surface area contributed by atoms with E-state index in [1.807, 2.05) is 78.9 Å². The number of para-hydroxylation sites is 3. The van der Waals surface area contributed by atoms with Gasteiger partial charge in [0.05, 0.1) is 13.1 Å². The van der Waals surface area contributed by atoms with Gasteiger partial charge in [-0.25, -0.2) is 0 Å². The fourth-order valence-electron chi connectivity index (χ4n) is 3.93. The predicted molar refractivity (Wildman–Crippen MR) is 133 cm³/mol. The first-order valence-electron chi connectivity index (χ1n) is 11.1. The van der Waals surface area contributed by atoms with Gasteiger partial charge < -0.3 is 14.4 Å². The van der Waals surface area contributed by atoms with Gasteiger partial charge in [-0.15, -0.1) is 0 Å². The summed E-state index contributed by atoms with van der Waals surface area (Å²) in [5.74, 6) is 1.61. The van der Waals surface area contributed by atoms with Gasteiger partial charge in [-0.05, 0) is 36.4 Å². The number of hydrogen-bond donors (Lipinski definition) is 0. The van der Waals surface area contributed by atoms with Gasteiger partial charge in [0.1, 0.15) is 35.7 Å². The standard InChI is InChI=1S/C28H25N3O2/c1-2-12-24(13-3-1)31(18-20-32-25-14-4-8-22-10-6-16-29-27(22)25)19-21-33-26-15-5-9-23-11-7-17-30-28(23)26/h1-17H,18-21H2. The first-order valence-corrected chi connectivity index (χ1v) is 11.1. The van der Waals surface area contributed by atoms with E-state index < -0.39 is 0 Å². The van der Waals surface area contributed by atoms with Crippen molar-refractivity contribution in [2.45, 2.75) is 0 Å². The minimum absolute atomic E-state index is 0.542. The molecular weight excluding hydrogens is 410 g/mol. The van der Waals surface area contributed by atoms with Crippen molar-refractivity contribution in [3.8, 4) is 11.5 Å². The molecule has 0 amide bonds. The van der Waals surface area contributed by atoms with Crippen LogP contribution in [0.2, 0.25) is 0 Å². The molecule has 0 unspecified atom stereocenters. The molecule has 0 aliphatic rings. The van der Waals surface area contributed by atoms with E-state index >= 15 is 0 Å². The lowest BCUT2D eigenvalue weighted by Crippen LogP contribution is -2.32. The number of fused-ring (bicyclic) bond motifs is 2. The Morgan fingerprint density at radius 3 is 1.61 bits per heavy atom. The van der Waals surface area contributed by atoms with E-state index in [2.05, 4.69) is 27.0 Å². The third-order valence-electron chi connectivity index (χ3n) is 5.55. The van der Waals surface area contributed by atoms with E-state index in [1.165, 1.54) is 0 Å². The molecule has 5 nitrogen and oxygen atoms in total. The minimum atomic E-state index is 0.542. The molecule has 3 aromatic carbocycles. The van der Waals surface area contributed by atoms with Crippen LogP contribution in [0.4, 0.5) is 5.69 Å². The molecule has 164 valence electrons. The first kappa shape index (κ1) is 20.8. The third-order valence-corrected chi connectivity index (χ3v) is 5.55. The summed E-state index contributed by atoms with van der Waals surface area (Å²) in [6.07, 6.45) is 3.59. The largest absolute Gasteiger partial charge is 0.489 e. The highest BCUT2D eigenvalue weighted by atomic mass is 16.5. The molecule has 0 aliphatic carbocycles. The molecule has 5 heteroatoms. The van der Waals surface area contributed by atoms with E-state index in [4.69, 9.17) is 9.47 Å². The average molecular weight is 436 g/mol. The van der Waals surface area contributed by atoms with Crippen molar-refractivity contribution in [3.63, 3.8) is 0 Å². The van der Waals surface area contributed by atoms with Crippen LogP contribution in [0.15, 0.2) is 103 Å². The Morgan fingerprint density at radius 1 is 0.545 bits per heavy atom. The summed E-state index contributed by atoms with van der Waals surface area (Å²) < 4.78 is 12.3. The summed E-state index contributed by atoms with van der Waals surface area (Å²) in [6, 6.07) is 30.4. The predicted octanol–water partition coefficient (Wildman–Crippen LogP) is 5.75. The Labute approximate surface area is 193 Å². The second-order valence-electron chi connectivity index (χ2n) is 7.68. The van der Waals surface area contributed by atoms with Crippen LogP contribution in [0.5, 0.6) is 11.5 Å². The Balaban J connectivity index is 1.25. The van der Waals surface area contributed by atoms with Gasteiger partial charge in [-0.3, -0.25) is 9.97 Å². The zero-order valence-electron chi connectivity index (χ0n) is 18.3. The maximum atomic E-state index is 6.14. The lowest BCUT2D eigenvalue weighted by Gasteiger charge is -2.25. The molecule has 33 heavy (non-hydrogen) atoms. The van der Waals surface area contributed by atoms with E-state index in [-0.39, 0.29) is 0 Å². The van der Waals surface area contributed by atoms with Gasteiger partial charge in [0, 0.05) is 28.9 Å². The topological polar surface area (TPSA) is 47.5 Å². The van der Waals surface area contributed by atoms with Crippen LogP contribution in [0.25, 0.3) is 21.8 Å². The smallest absolute Gasteiger partial charge is 0.145 e. The van der Waals surface area contributed by atoms with Gasteiger partial charge in [0.25, 0.3) is 0 Å². The number of nitrogens with zero attached hydrogens (tertiary/aromatic N) is 3. The fourth-order valence-corrected chi connectivity index (χ4v) is 3.93. The number of aromatic nitrogens is 2. The van der Waals surface area contributed by atoms with Crippen molar-refractivity contribution in [1.29, 1.82) is 0 Å². The van der Waals surface area contributed by atoms with Crippen molar-refractivity contribution in [3.05, 3.63) is 103 Å². The van der Waals surface area contributed by atoms with Gasteiger partial charge in [-0.1, -0.05) is 54.6 Å². The monoisotopic (exact) mass is 435 g/mol. The Morgan fingerprint density at radius 2 is 1.06 bits per heavy atom. The molecule has 0 spiro atoms. The maximum Gasteiger partial charge on any atom is 0.145 e. The second-order valence-corrected chi connectivity index (χ2v) is 7.68. The highest BCUT2D eigenvalue weighted by Gasteiger charge is 2.10. The maximum absolute atomic E-state index is 6.14. The van der Waals surface area contributed by atoms with E-state index in [1.54, 1.807) is 12.4 Å². The van der Waals surface area contributed by atoms with Crippen LogP contribution < -0.4 is 14.4 Å². The lowest BCUT2D eigenvalue weighted by molar-refractivity contribution is 0.306. The number of hydrogen-bond acceptors (Lipinski definition) is 5. The van der Waals surface area contributed by atoms with Crippen LogP contribution in [0.1, 0.15) is 0 Å². The molecule has 0 fully saturated rings. The molecule has 2 heterocycles. The van der Waals surface area contributed by atoms with Crippen molar-refractivity contribution < 1.29 is 9.47 Å². The summed E-state index contributed by atoms with van der Waals surface area (Å²) in [6.45, 7) is 2.54. The molecule has 0 N–H and O–H groups in total. The summed E-state index contributed by atoms with van der Waals surface area (Å²) >= 11 is 0. The normalized spacial score (nSPS) is 10.9. The zero-order valence-corrected chi connectivity index (χ0v) is 18.3. The minimum Gasteiger partial charge on any atom is -0.489 e. The number of rotatable bonds is 9. The number of benzene rings is 3. The lowest BCUT2D eigenvalue weighted by atomic mass is 10.2. The van der Waals surface area contributed by atoms with Crippen LogP contribution in [0, 0.1) is 0 Å². The summed E-state index contributed by atoms with van der Waals surface area (Å²) in [5.41, 5.74) is 2.91. The highest BCUT2D eigenvalue weighted by Crippen LogP contribution is 2.24. The molecule has 0 saturated carbocycles. The zero-order chi connectivity index (χ0) is 22.3. The molecule has 0 saturated heterocycles. The molecule has 2 aromatic heterocycles. The summed E-state index contributed by atoms with van der Waals surface area (Å²) in [5, 5.41) is 2.15. The molecule has 0 radical (unpaired) electrons. The number of anilines is 1. The molecule has 0 atom stereocenters. The number of ether oxygens (including phenoxy) is 2. The first-order chi connectivity index (χ1) is 16.4. The fraction of sp³-hybridized carbons (Fsp3) is 0.143. The third kappa shape index (κ3) is 4.88. The van der Waals surface area contributed by atoms with Gasteiger partial charge in [0.2, 0.25) is 0 Å². The van der Waals surface area contributed by atoms with Crippen LogP contribution >= 0.6 is 0 Å². The molecule has 5 rings (SSSR count). The van der Waals surface area contributed by atoms with E-state index in [9.17, 15) is 0 Å². The second kappa shape index (κ2) is 10.0. The number of pyridine rings is 2. The Kier molecular flexibility index (Phi) is 6.29. The molecule has 5 aromatic rings. The molecular formula is C28H25N3O2. The van der Waals surface area contributed by atoms with Crippen LogP contribution in [-0.2, 0) is 0 Å². The highest BCUT2D eigenvalue weighted by molar-refractivity contribution is 5.84. The average Bonchev–Trinajstić information content (AvgIpc) is 2.88.